The largest absolute Gasteiger partial charge is 0.376 e. The van der Waals surface area contributed by atoms with Gasteiger partial charge in [0.1, 0.15) is 5.82 Å². The minimum Gasteiger partial charge on any atom is -0.376 e. The van der Waals surface area contributed by atoms with Crippen LogP contribution >= 0.6 is 0 Å². The van der Waals surface area contributed by atoms with E-state index in [1.165, 1.54) is 0 Å². The van der Waals surface area contributed by atoms with E-state index in [1.807, 2.05) is 64.1 Å². The Kier molecular flexibility index (Phi) is 6.65. The number of nitrogens with one attached hydrogen (secondary N) is 1. The van der Waals surface area contributed by atoms with Crippen LogP contribution in [0, 0.1) is 19.3 Å². The topological polar surface area (TPSA) is 64.1 Å². The van der Waals surface area contributed by atoms with Crippen molar-refractivity contribution in [3.8, 4) is 0 Å². The summed E-state index contributed by atoms with van der Waals surface area (Å²) < 4.78 is 5.72. The first-order valence-electron chi connectivity index (χ1n) is 8.58. The molecule has 0 bridgehead atoms. The van der Waals surface area contributed by atoms with Crippen LogP contribution in [-0.4, -0.2) is 29.0 Å². The molecule has 0 saturated carbocycles. The highest BCUT2D eigenvalue weighted by atomic mass is 16.5. The lowest BCUT2D eigenvalue weighted by Gasteiger charge is -2.23. The van der Waals surface area contributed by atoms with Crippen LogP contribution in [0.15, 0.2) is 36.4 Å². The standard InChI is InChI=1S/C20H27N3O2/c1-15-12-16(2)23-18(22-15)10-11-21-19(24)20(3,4)14-25-13-17-8-6-5-7-9-17/h5-9,12H,10-11,13-14H2,1-4H3,(H,21,24). The van der Waals surface area contributed by atoms with Gasteiger partial charge in [0.15, 0.2) is 0 Å². The molecule has 5 nitrogen and oxygen atoms in total. The van der Waals surface area contributed by atoms with Crippen molar-refractivity contribution in [3.05, 3.63) is 59.2 Å². The van der Waals surface area contributed by atoms with Crippen molar-refractivity contribution in [3.63, 3.8) is 0 Å². The molecule has 0 aliphatic carbocycles. The second kappa shape index (κ2) is 8.72. The summed E-state index contributed by atoms with van der Waals surface area (Å²) in [4.78, 5) is 21.2. The van der Waals surface area contributed by atoms with Crippen LogP contribution in [0.2, 0.25) is 0 Å². The lowest BCUT2D eigenvalue weighted by Crippen LogP contribution is -2.40. The van der Waals surface area contributed by atoms with Crippen molar-refractivity contribution >= 4 is 5.91 Å². The zero-order valence-electron chi connectivity index (χ0n) is 15.5. The van der Waals surface area contributed by atoms with Gasteiger partial charge in [0.25, 0.3) is 0 Å². The fourth-order valence-corrected chi connectivity index (χ4v) is 2.50. The van der Waals surface area contributed by atoms with Crippen molar-refractivity contribution in [1.29, 1.82) is 0 Å². The predicted molar refractivity (Wildman–Crippen MR) is 98.1 cm³/mol. The van der Waals surface area contributed by atoms with Crippen LogP contribution in [0.5, 0.6) is 0 Å². The maximum Gasteiger partial charge on any atom is 0.228 e. The molecule has 0 saturated heterocycles. The Morgan fingerprint density at radius 3 is 2.40 bits per heavy atom. The van der Waals surface area contributed by atoms with Crippen molar-refractivity contribution in [2.75, 3.05) is 13.2 Å². The zero-order chi connectivity index (χ0) is 18.3. The van der Waals surface area contributed by atoms with Gasteiger partial charge in [0, 0.05) is 24.4 Å². The maximum absolute atomic E-state index is 12.4. The summed E-state index contributed by atoms with van der Waals surface area (Å²) in [5.74, 6) is 0.737. The van der Waals surface area contributed by atoms with Crippen LogP contribution in [0.4, 0.5) is 0 Å². The number of aromatic nitrogens is 2. The Hall–Kier alpha value is -2.27. The lowest BCUT2D eigenvalue weighted by molar-refractivity contribution is -0.132. The Morgan fingerprint density at radius 1 is 1.12 bits per heavy atom. The van der Waals surface area contributed by atoms with Gasteiger partial charge in [-0.1, -0.05) is 30.3 Å². The Labute approximate surface area is 149 Å². The molecule has 0 aliphatic rings. The van der Waals surface area contributed by atoms with E-state index in [0.29, 0.717) is 26.2 Å². The lowest BCUT2D eigenvalue weighted by atomic mass is 9.93. The van der Waals surface area contributed by atoms with Gasteiger partial charge in [0.05, 0.1) is 18.6 Å². The van der Waals surface area contributed by atoms with Gasteiger partial charge in [-0.2, -0.15) is 0 Å². The molecule has 0 fully saturated rings. The summed E-state index contributed by atoms with van der Waals surface area (Å²) in [6.07, 6.45) is 0.620. The van der Waals surface area contributed by atoms with Crippen LogP contribution in [-0.2, 0) is 22.6 Å². The second-order valence-electron chi connectivity index (χ2n) is 6.94. The van der Waals surface area contributed by atoms with E-state index in [0.717, 1.165) is 22.8 Å². The maximum atomic E-state index is 12.4. The van der Waals surface area contributed by atoms with Crippen LogP contribution < -0.4 is 5.32 Å². The molecule has 25 heavy (non-hydrogen) atoms. The number of hydrogen-bond donors (Lipinski definition) is 1. The van der Waals surface area contributed by atoms with E-state index in [9.17, 15) is 4.79 Å². The first-order valence-corrected chi connectivity index (χ1v) is 8.58. The van der Waals surface area contributed by atoms with E-state index in [2.05, 4.69) is 15.3 Å². The molecular weight excluding hydrogens is 314 g/mol. The van der Waals surface area contributed by atoms with Crippen LogP contribution in [0.1, 0.15) is 36.6 Å². The normalized spacial score (nSPS) is 11.4. The molecule has 0 unspecified atom stereocenters. The van der Waals surface area contributed by atoms with Crippen molar-refractivity contribution in [1.82, 2.24) is 15.3 Å². The number of amides is 1. The second-order valence-corrected chi connectivity index (χ2v) is 6.94. The summed E-state index contributed by atoms with van der Waals surface area (Å²) in [6.45, 7) is 9.07. The van der Waals surface area contributed by atoms with Gasteiger partial charge < -0.3 is 10.1 Å². The third-order valence-corrected chi connectivity index (χ3v) is 3.85. The highest BCUT2D eigenvalue weighted by molar-refractivity contribution is 5.81. The summed E-state index contributed by atoms with van der Waals surface area (Å²) in [5.41, 5.74) is 2.41. The summed E-state index contributed by atoms with van der Waals surface area (Å²) in [5, 5.41) is 2.96. The average molecular weight is 341 g/mol. The Morgan fingerprint density at radius 2 is 1.76 bits per heavy atom. The monoisotopic (exact) mass is 341 g/mol. The molecule has 5 heteroatoms. The first kappa shape index (κ1) is 19.1. The fourth-order valence-electron chi connectivity index (χ4n) is 2.50. The van der Waals surface area contributed by atoms with Crippen LogP contribution in [0.3, 0.4) is 0 Å². The number of ether oxygens (including phenoxy) is 1. The summed E-state index contributed by atoms with van der Waals surface area (Å²) >= 11 is 0. The van der Waals surface area contributed by atoms with E-state index < -0.39 is 5.41 Å². The molecule has 2 rings (SSSR count). The van der Waals surface area contributed by atoms with Gasteiger partial charge in [-0.3, -0.25) is 4.79 Å². The third-order valence-electron chi connectivity index (χ3n) is 3.85. The average Bonchev–Trinajstić information content (AvgIpc) is 2.54. The number of carbonyl (C=O) groups is 1. The SMILES string of the molecule is Cc1cc(C)nc(CCNC(=O)C(C)(C)COCc2ccccc2)n1. The van der Waals surface area contributed by atoms with Gasteiger partial charge in [-0.05, 0) is 39.3 Å². The molecule has 0 atom stereocenters. The highest BCUT2D eigenvalue weighted by Gasteiger charge is 2.27. The quantitative estimate of drug-likeness (QED) is 0.802. The van der Waals surface area contributed by atoms with Crippen molar-refractivity contribution in [2.45, 2.75) is 40.7 Å². The third kappa shape index (κ3) is 6.27. The van der Waals surface area contributed by atoms with E-state index in [4.69, 9.17) is 4.74 Å². The molecular formula is C20H27N3O2. The summed E-state index contributed by atoms with van der Waals surface area (Å²) in [7, 11) is 0. The van der Waals surface area contributed by atoms with E-state index in [1.54, 1.807) is 0 Å². The Bertz CT molecular complexity index is 679. The molecule has 1 N–H and O–H groups in total. The van der Waals surface area contributed by atoms with Gasteiger partial charge in [-0.25, -0.2) is 9.97 Å². The predicted octanol–water partition coefficient (Wildman–Crippen LogP) is 3.00. The molecule has 1 heterocycles. The molecule has 2 aromatic rings. The minimum absolute atomic E-state index is 0.0232. The molecule has 0 spiro atoms. The number of benzene rings is 1. The van der Waals surface area contributed by atoms with Crippen molar-refractivity contribution in [2.24, 2.45) is 5.41 Å². The van der Waals surface area contributed by atoms with Gasteiger partial charge in [0.2, 0.25) is 5.91 Å². The molecule has 134 valence electrons. The fraction of sp³-hybridized carbons (Fsp3) is 0.450. The van der Waals surface area contributed by atoms with Crippen LogP contribution in [0.25, 0.3) is 0 Å². The number of hydrogen-bond acceptors (Lipinski definition) is 4. The molecule has 1 amide bonds. The highest BCUT2D eigenvalue weighted by Crippen LogP contribution is 2.16. The molecule has 0 radical (unpaired) electrons. The molecule has 1 aromatic heterocycles. The van der Waals surface area contributed by atoms with Gasteiger partial charge in [-0.15, -0.1) is 0 Å². The number of carbonyl (C=O) groups excluding carboxylic acids is 1. The Balaban J connectivity index is 1.76. The smallest absolute Gasteiger partial charge is 0.228 e. The minimum atomic E-state index is -0.585. The number of aryl methyl sites for hydroxylation is 2. The number of rotatable bonds is 8. The first-order chi connectivity index (χ1) is 11.9. The summed E-state index contributed by atoms with van der Waals surface area (Å²) in [6, 6.07) is 11.9. The van der Waals surface area contributed by atoms with E-state index in [-0.39, 0.29) is 5.91 Å². The molecule has 0 aliphatic heterocycles. The zero-order valence-corrected chi connectivity index (χ0v) is 15.5. The molecule has 1 aromatic carbocycles. The van der Waals surface area contributed by atoms with E-state index >= 15 is 0 Å². The van der Waals surface area contributed by atoms with Crippen molar-refractivity contribution < 1.29 is 9.53 Å². The number of nitrogens with zero attached hydrogens (tertiary/aromatic N) is 2. The van der Waals surface area contributed by atoms with Gasteiger partial charge >= 0.3 is 0 Å².